The zero-order chi connectivity index (χ0) is 15.8. The van der Waals surface area contributed by atoms with Gasteiger partial charge >= 0.3 is 0 Å². The fourth-order valence-electron chi connectivity index (χ4n) is 3.68. The molecular weight excluding hydrogens is 308 g/mol. The predicted molar refractivity (Wildman–Crippen MR) is 92.3 cm³/mol. The van der Waals surface area contributed by atoms with Crippen molar-refractivity contribution in [1.82, 2.24) is 10.6 Å². The molecule has 23 heavy (non-hydrogen) atoms. The van der Waals surface area contributed by atoms with Crippen molar-refractivity contribution < 1.29 is 9.53 Å². The summed E-state index contributed by atoms with van der Waals surface area (Å²) < 4.78 is 5.35. The van der Waals surface area contributed by atoms with Gasteiger partial charge in [-0.3, -0.25) is 4.79 Å². The molecule has 2 N–H and O–H groups in total. The number of rotatable bonds is 5. The highest BCUT2D eigenvalue weighted by molar-refractivity contribution is 7.14. The van der Waals surface area contributed by atoms with Crippen LogP contribution in [0, 0.1) is 6.92 Å². The number of amides is 1. The van der Waals surface area contributed by atoms with Gasteiger partial charge in [0.05, 0.1) is 4.88 Å². The Morgan fingerprint density at radius 2 is 2.00 bits per heavy atom. The van der Waals surface area contributed by atoms with Crippen LogP contribution in [0.5, 0.6) is 0 Å². The van der Waals surface area contributed by atoms with Crippen LogP contribution in [0.15, 0.2) is 6.07 Å². The van der Waals surface area contributed by atoms with Gasteiger partial charge in [0.1, 0.15) is 0 Å². The molecule has 1 amide bonds. The van der Waals surface area contributed by atoms with Gasteiger partial charge in [-0.15, -0.1) is 11.3 Å². The summed E-state index contributed by atoms with van der Waals surface area (Å²) in [4.78, 5) is 14.7. The van der Waals surface area contributed by atoms with Crippen LogP contribution >= 0.6 is 11.3 Å². The molecular formula is C18H26N2O2S. The van der Waals surface area contributed by atoms with E-state index >= 15 is 0 Å². The second-order valence-electron chi connectivity index (χ2n) is 7.23. The van der Waals surface area contributed by atoms with Gasteiger partial charge in [-0.2, -0.15) is 0 Å². The Morgan fingerprint density at radius 1 is 1.22 bits per heavy atom. The standard InChI is InChI=1S/C18H26N2O2S/c1-11-14(15-9-16(15)19-12-3-2-4-12)10-17(23-11)18(21)20-13-5-7-22-8-6-13/h10,12-13,15-16,19H,2-9H2,1H3,(H,20,21)/t15-,16?/m0/s1. The fraction of sp³-hybridized carbons (Fsp3) is 0.722. The Kier molecular flexibility index (Phi) is 4.43. The van der Waals surface area contributed by atoms with Crippen molar-refractivity contribution in [3.8, 4) is 0 Å². The number of carbonyl (C=O) groups excluding carboxylic acids is 1. The van der Waals surface area contributed by atoms with E-state index in [2.05, 4.69) is 23.6 Å². The van der Waals surface area contributed by atoms with E-state index in [1.54, 1.807) is 11.3 Å². The summed E-state index contributed by atoms with van der Waals surface area (Å²) in [6.07, 6.45) is 7.14. The van der Waals surface area contributed by atoms with Crippen LogP contribution in [0.3, 0.4) is 0 Å². The van der Waals surface area contributed by atoms with E-state index in [0.717, 1.165) is 37.0 Å². The maximum absolute atomic E-state index is 12.5. The minimum Gasteiger partial charge on any atom is -0.381 e. The van der Waals surface area contributed by atoms with Crippen molar-refractivity contribution in [3.63, 3.8) is 0 Å². The highest BCUT2D eigenvalue weighted by Gasteiger charge is 2.41. The van der Waals surface area contributed by atoms with E-state index in [9.17, 15) is 4.79 Å². The first-order valence-electron chi connectivity index (χ1n) is 8.95. The van der Waals surface area contributed by atoms with E-state index in [-0.39, 0.29) is 11.9 Å². The van der Waals surface area contributed by atoms with Gasteiger partial charge in [0, 0.05) is 42.1 Å². The smallest absolute Gasteiger partial charge is 0.261 e. The molecule has 2 aliphatic carbocycles. The highest BCUT2D eigenvalue weighted by atomic mass is 32.1. The average Bonchev–Trinajstić information content (AvgIpc) is 3.17. The van der Waals surface area contributed by atoms with E-state index in [0.29, 0.717) is 12.0 Å². The van der Waals surface area contributed by atoms with Gasteiger partial charge in [-0.25, -0.2) is 0 Å². The molecule has 3 aliphatic rings. The summed E-state index contributed by atoms with van der Waals surface area (Å²) in [5.41, 5.74) is 1.39. The van der Waals surface area contributed by atoms with Gasteiger partial charge in [0.25, 0.3) is 5.91 Å². The third-order valence-corrected chi connectivity index (χ3v) is 6.55. The molecule has 2 saturated carbocycles. The molecule has 126 valence electrons. The lowest BCUT2D eigenvalue weighted by Crippen LogP contribution is -2.38. The molecule has 0 aromatic carbocycles. The van der Waals surface area contributed by atoms with Crippen molar-refractivity contribution in [2.75, 3.05) is 13.2 Å². The molecule has 1 unspecified atom stereocenters. The Bertz CT molecular complexity index is 576. The van der Waals surface area contributed by atoms with E-state index in [4.69, 9.17) is 4.74 Å². The van der Waals surface area contributed by atoms with E-state index in [1.165, 1.54) is 36.1 Å². The number of carbonyl (C=O) groups is 1. The number of nitrogens with one attached hydrogen (secondary N) is 2. The monoisotopic (exact) mass is 334 g/mol. The minimum absolute atomic E-state index is 0.0976. The second-order valence-corrected chi connectivity index (χ2v) is 8.48. The normalized spacial score (nSPS) is 28.4. The molecule has 2 heterocycles. The van der Waals surface area contributed by atoms with Gasteiger partial charge in [0.15, 0.2) is 0 Å². The van der Waals surface area contributed by atoms with Crippen molar-refractivity contribution in [1.29, 1.82) is 0 Å². The van der Waals surface area contributed by atoms with Gasteiger partial charge in [-0.05, 0) is 50.7 Å². The van der Waals surface area contributed by atoms with E-state index in [1.807, 2.05) is 0 Å². The van der Waals surface area contributed by atoms with Gasteiger partial charge in [0.2, 0.25) is 0 Å². The molecule has 1 aromatic heterocycles. The largest absolute Gasteiger partial charge is 0.381 e. The molecule has 0 spiro atoms. The average molecular weight is 334 g/mol. The number of aryl methyl sites for hydroxylation is 1. The van der Waals surface area contributed by atoms with Crippen molar-refractivity contribution in [2.45, 2.75) is 69.5 Å². The molecule has 1 saturated heterocycles. The third kappa shape index (κ3) is 3.47. The summed E-state index contributed by atoms with van der Waals surface area (Å²) in [5.74, 6) is 0.719. The quantitative estimate of drug-likeness (QED) is 0.870. The second kappa shape index (κ2) is 6.54. The molecule has 0 radical (unpaired) electrons. The van der Waals surface area contributed by atoms with Crippen LogP contribution in [0.1, 0.15) is 64.6 Å². The topological polar surface area (TPSA) is 50.4 Å². The lowest BCUT2D eigenvalue weighted by Gasteiger charge is -2.26. The molecule has 1 aliphatic heterocycles. The fourth-order valence-corrected chi connectivity index (χ4v) is 4.67. The third-order valence-electron chi connectivity index (χ3n) is 5.48. The molecule has 3 fully saturated rings. The van der Waals surface area contributed by atoms with Crippen LogP contribution in [0.4, 0.5) is 0 Å². The summed E-state index contributed by atoms with van der Waals surface area (Å²) >= 11 is 1.65. The van der Waals surface area contributed by atoms with Crippen molar-refractivity contribution >= 4 is 17.2 Å². The molecule has 4 rings (SSSR count). The summed E-state index contributed by atoms with van der Waals surface area (Å²) in [7, 11) is 0. The van der Waals surface area contributed by atoms with Crippen LogP contribution in [0.25, 0.3) is 0 Å². The Balaban J connectivity index is 1.36. The molecule has 5 heteroatoms. The van der Waals surface area contributed by atoms with Crippen LogP contribution in [-0.2, 0) is 4.74 Å². The van der Waals surface area contributed by atoms with Gasteiger partial charge in [-0.1, -0.05) is 6.42 Å². The van der Waals surface area contributed by atoms with E-state index < -0.39 is 0 Å². The zero-order valence-electron chi connectivity index (χ0n) is 13.8. The van der Waals surface area contributed by atoms with Gasteiger partial charge < -0.3 is 15.4 Å². The minimum atomic E-state index is 0.0976. The first-order chi connectivity index (χ1) is 11.2. The number of hydrogen-bond donors (Lipinski definition) is 2. The Labute approximate surface area is 142 Å². The van der Waals surface area contributed by atoms with Crippen LogP contribution in [0.2, 0.25) is 0 Å². The predicted octanol–water partition coefficient (Wildman–Crippen LogP) is 2.96. The lowest BCUT2D eigenvalue weighted by molar-refractivity contribution is 0.0698. The first kappa shape index (κ1) is 15.6. The van der Waals surface area contributed by atoms with Crippen LogP contribution < -0.4 is 10.6 Å². The first-order valence-corrected chi connectivity index (χ1v) is 9.77. The lowest BCUT2D eigenvalue weighted by atomic mass is 9.93. The molecule has 4 nitrogen and oxygen atoms in total. The zero-order valence-corrected chi connectivity index (χ0v) is 14.6. The molecule has 2 atom stereocenters. The Morgan fingerprint density at radius 3 is 2.70 bits per heavy atom. The van der Waals surface area contributed by atoms with Crippen molar-refractivity contribution in [3.05, 3.63) is 21.4 Å². The van der Waals surface area contributed by atoms with Crippen molar-refractivity contribution in [2.24, 2.45) is 0 Å². The summed E-state index contributed by atoms with van der Waals surface area (Å²) in [6, 6.07) is 3.80. The number of thiophene rings is 1. The Hall–Kier alpha value is -0.910. The highest BCUT2D eigenvalue weighted by Crippen LogP contribution is 2.45. The molecule has 0 bridgehead atoms. The summed E-state index contributed by atoms with van der Waals surface area (Å²) in [6.45, 7) is 3.68. The number of hydrogen-bond acceptors (Lipinski definition) is 4. The SMILES string of the molecule is Cc1sc(C(=O)NC2CCOCC2)cc1[C@@H]1CC1NC1CCC1. The maximum atomic E-state index is 12.5. The number of ether oxygens (including phenoxy) is 1. The maximum Gasteiger partial charge on any atom is 0.261 e. The summed E-state index contributed by atoms with van der Waals surface area (Å²) in [5, 5.41) is 6.93. The van der Waals surface area contributed by atoms with Crippen LogP contribution in [-0.4, -0.2) is 37.2 Å². The molecule has 1 aromatic rings.